The highest BCUT2D eigenvalue weighted by atomic mass is 19.4. The highest BCUT2D eigenvalue weighted by molar-refractivity contribution is 6.09. The molecule has 2 aliphatic carbocycles. The molecule has 1 heterocycles. The monoisotopic (exact) mass is 631 g/mol. The molecule has 1 saturated carbocycles. The average molecular weight is 632 g/mol. The van der Waals surface area contributed by atoms with Crippen molar-refractivity contribution >= 4 is 33.1 Å². The number of carbonyl (C=O) groups is 1. The van der Waals surface area contributed by atoms with Gasteiger partial charge >= 0.3 is 6.18 Å². The zero-order valence-electron chi connectivity index (χ0n) is 25.6. The predicted molar refractivity (Wildman–Crippen MR) is 177 cm³/mol. The number of hydrogen-bond acceptors (Lipinski definition) is 4. The number of allylic oxidation sites excluding steroid dienone is 4. The molecular weight excluding hydrogens is 599 g/mol. The lowest BCUT2D eigenvalue weighted by Crippen LogP contribution is -2.26. The minimum Gasteiger partial charge on any atom is -0.321 e. The highest BCUT2D eigenvalue weighted by Gasteiger charge is 2.37. The third-order valence-electron chi connectivity index (χ3n) is 9.04. The zero-order chi connectivity index (χ0) is 32.7. The summed E-state index contributed by atoms with van der Waals surface area (Å²) in [6.45, 7) is 2.64. The second-order valence-electron chi connectivity index (χ2n) is 12.4. The van der Waals surface area contributed by atoms with Crippen molar-refractivity contribution in [2.75, 3.05) is 11.9 Å². The number of halogens is 3. The molecule has 9 heteroatoms. The SMILES string of the molecule is CC1C=CC(C#N)=CC1n1nc(C(F)(F)F)cc1C(=O)Nc1cccc(C(NCC2CC2)c2cc3ccccc3c3ccccc23)c1. The lowest BCUT2D eigenvalue weighted by atomic mass is 9.90. The van der Waals surface area contributed by atoms with Crippen molar-refractivity contribution in [3.05, 3.63) is 131 Å². The Bertz CT molecular complexity index is 2100. The Kier molecular flexibility index (Phi) is 7.90. The number of rotatable bonds is 8. The lowest BCUT2D eigenvalue weighted by molar-refractivity contribution is -0.141. The van der Waals surface area contributed by atoms with E-state index in [9.17, 15) is 23.2 Å². The van der Waals surface area contributed by atoms with Crippen molar-refractivity contribution in [1.29, 1.82) is 5.26 Å². The number of fused-ring (bicyclic) bond motifs is 3. The zero-order valence-corrected chi connectivity index (χ0v) is 25.6. The summed E-state index contributed by atoms with van der Waals surface area (Å²) in [5.74, 6) is -0.404. The van der Waals surface area contributed by atoms with Crippen LogP contribution >= 0.6 is 0 Å². The van der Waals surface area contributed by atoms with Crippen LogP contribution in [-0.4, -0.2) is 22.2 Å². The summed E-state index contributed by atoms with van der Waals surface area (Å²) in [7, 11) is 0. The molecule has 0 bridgehead atoms. The van der Waals surface area contributed by atoms with E-state index in [1.54, 1.807) is 31.2 Å². The Morgan fingerprint density at radius 2 is 1.74 bits per heavy atom. The summed E-state index contributed by atoms with van der Waals surface area (Å²) < 4.78 is 42.6. The third kappa shape index (κ3) is 6.17. The van der Waals surface area contributed by atoms with E-state index in [0.29, 0.717) is 17.2 Å². The second-order valence-corrected chi connectivity index (χ2v) is 12.4. The quantitative estimate of drug-likeness (QED) is 0.168. The van der Waals surface area contributed by atoms with Gasteiger partial charge < -0.3 is 10.6 Å². The van der Waals surface area contributed by atoms with Gasteiger partial charge in [-0.15, -0.1) is 0 Å². The lowest BCUT2D eigenvalue weighted by Gasteiger charge is -2.24. The summed E-state index contributed by atoms with van der Waals surface area (Å²) in [6, 6.07) is 28.1. The molecule has 3 atom stereocenters. The van der Waals surface area contributed by atoms with E-state index in [4.69, 9.17) is 0 Å². The molecule has 4 aromatic carbocycles. The van der Waals surface area contributed by atoms with Crippen LogP contribution in [0.25, 0.3) is 21.5 Å². The third-order valence-corrected chi connectivity index (χ3v) is 9.04. The number of alkyl halides is 3. The van der Waals surface area contributed by atoms with Gasteiger partial charge in [0.1, 0.15) is 5.69 Å². The van der Waals surface area contributed by atoms with Gasteiger partial charge in [0.2, 0.25) is 0 Å². The standard InChI is InChI=1S/C38H32F3N5O/c1-23-13-14-25(21-42)17-33(23)46-34(20-35(45-46)38(39,40)41)37(47)44-28-9-6-8-27(18-28)36(43-22-24-15-16-24)32-19-26-7-2-3-10-29(26)30-11-4-5-12-31(30)32/h2-14,17-20,23-24,33,36,43H,15-16,22H2,1H3,(H,44,47). The van der Waals surface area contributed by atoms with E-state index >= 15 is 0 Å². The number of nitrogens with one attached hydrogen (secondary N) is 2. The fourth-order valence-electron chi connectivity index (χ4n) is 6.39. The summed E-state index contributed by atoms with van der Waals surface area (Å²) >= 11 is 0. The fraction of sp³-hybridized carbons (Fsp3) is 0.237. The van der Waals surface area contributed by atoms with Crippen LogP contribution in [0.5, 0.6) is 0 Å². The van der Waals surface area contributed by atoms with E-state index < -0.39 is 23.8 Å². The van der Waals surface area contributed by atoms with Crippen LogP contribution in [0.4, 0.5) is 18.9 Å². The largest absolute Gasteiger partial charge is 0.435 e. The van der Waals surface area contributed by atoms with Gasteiger partial charge in [-0.2, -0.15) is 23.5 Å². The normalized spacial score (nSPS) is 18.6. The number of amides is 1. The number of carbonyl (C=O) groups excluding carboxylic acids is 1. The first kappa shape index (κ1) is 30.5. The van der Waals surface area contributed by atoms with Gasteiger partial charge in [-0.05, 0) is 88.3 Å². The summed E-state index contributed by atoms with van der Waals surface area (Å²) in [5, 5.41) is 24.4. The first-order valence-corrected chi connectivity index (χ1v) is 15.7. The molecule has 1 fully saturated rings. The molecule has 0 radical (unpaired) electrons. The van der Waals surface area contributed by atoms with Gasteiger partial charge in [-0.25, -0.2) is 0 Å². The van der Waals surface area contributed by atoms with Gasteiger partial charge in [-0.3, -0.25) is 9.48 Å². The van der Waals surface area contributed by atoms with Crippen LogP contribution < -0.4 is 10.6 Å². The van der Waals surface area contributed by atoms with E-state index in [2.05, 4.69) is 46.1 Å². The van der Waals surface area contributed by atoms with Crippen molar-refractivity contribution in [2.24, 2.45) is 11.8 Å². The number of hydrogen-bond donors (Lipinski definition) is 2. The molecular formula is C38H32F3N5O. The Hall–Kier alpha value is -5.20. The molecule has 1 amide bonds. The van der Waals surface area contributed by atoms with Gasteiger partial charge in [0.15, 0.2) is 5.69 Å². The molecule has 236 valence electrons. The van der Waals surface area contributed by atoms with E-state index in [1.165, 1.54) is 18.2 Å². The van der Waals surface area contributed by atoms with Crippen molar-refractivity contribution in [2.45, 2.75) is 38.0 Å². The maximum Gasteiger partial charge on any atom is 0.435 e. The predicted octanol–water partition coefficient (Wildman–Crippen LogP) is 8.75. The number of aromatic nitrogens is 2. The van der Waals surface area contributed by atoms with Crippen molar-refractivity contribution in [1.82, 2.24) is 15.1 Å². The molecule has 7 rings (SSSR count). The first-order valence-electron chi connectivity index (χ1n) is 15.7. The minimum absolute atomic E-state index is 0.200. The molecule has 0 aliphatic heterocycles. The molecule has 5 aromatic rings. The van der Waals surface area contributed by atoms with E-state index in [1.807, 2.05) is 48.5 Å². The maximum atomic E-state index is 13.8. The smallest absolute Gasteiger partial charge is 0.321 e. The van der Waals surface area contributed by atoms with Crippen molar-refractivity contribution in [3.63, 3.8) is 0 Å². The van der Waals surface area contributed by atoms with Crippen LogP contribution in [0, 0.1) is 23.2 Å². The molecule has 3 unspecified atom stereocenters. The number of nitrogens with zero attached hydrogens (tertiary/aromatic N) is 3. The number of benzene rings is 4. The van der Waals surface area contributed by atoms with Gasteiger partial charge in [-0.1, -0.05) is 73.7 Å². The topological polar surface area (TPSA) is 82.7 Å². The van der Waals surface area contributed by atoms with Crippen LogP contribution in [0.15, 0.2) is 109 Å². The average Bonchev–Trinajstić information content (AvgIpc) is 3.79. The van der Waals surface area contributed by atoms with E-state index in [0.717, 1.165) is 44.6 Å². The Labute approximate surface area is 270 Å². The molecule has 2 aliphatic rings. The molecule has 6 nitrogen and oxygen atoms in total. The van der Waals surface area contributed by atoms with Crippen LogP contribution in [0.2, 0.25) is 0 Å². The fourth-order valence-corrected chi connectivity index (χ4v) is 6.39. The Balaban J connectivity index is 1.26. The molecule has 2 N–H and O–H groups in total. The van der Waals surface area contributed by atoms with E-state index in [-0.39, 0.29) is 17.7 Å². The second kappa shape index (κ2) is 12.2. The number of anilines is 1. The highest BCUT2D eigenvalue weighted by Crippen LogP contribution is 2.37. The molecule has 1 aromatic heterocycles. The van der Waals surface area contributed by atoms with Crippen LogP contribution in [0.1, 0.15) is 59.2 Å². The van der Waals surface area contributed by atoms with Gasteiger partial charge in [0, 0.05) is 23.2 Å². The number of nitriles is 1. The molecule has 0 saturated heterocycles. The van der Waals surface area contributed by atoms with Gasteiger partial charge in [0.25, 0.3) is 5.91 Å². The maximum absolute atomic E-state index is 13.8. The Morgan fingerprint density at radius 3 is 2.49 bits per heavy atom. The van der Waals surface area contributed by atoms with Crippen molar-refractivity contribution in [3.8, 4) is 6.07 Å². The van der Waals surface area contributed by atoms with Crippen molar-refractivity contribution < 1.29 is 18.0 Å². The van der Waals surface area contributed by atoms with Crippen LogP contribution in [0.3, 0.4) is 0 Å². The Morgan fingerprint density at radius 1 is 1.00 bits per heavy atom. The minimum atomic E-state index is -4.75. The first-order chi connectivity index (χ1) is 22.7. The summed E-state index contributed by atoms with van der Waals surface area (Å²) in [6.07, 6.45) is 2.50. The summed E-state index contributed by atoms with van der Waals surface area (Å²) in [4.78, 5) is 13.7. The molecule has 47 heavy (non-hydrogen) atoms. The van der Waals surface area contributed by atoms with Crippen LogP contribution in [-0.2, 0) is 6.18 Å². The van der Waals surface area contributed by atoms with Gasteiger partial charge in [0.05, 0.1) is 18.2 Å². The summed E-state index contributed by atoms with van der Waals surface area (Å²) in [5.41, 5.74) is 1.35. The molecule has 0 spiro atoms.